The molecule has 1 fully saturated rings. The number of hydrogen-bond acceptors (Lipinski definition) is 3. The van der Waals surface area contributed by atoms with Gasteiger partial charge in [0.05, 0.1) is 5.75 Å². The van der Waals surface area contributed by atoms with Gasteiger partial charge in [0.1, 0.15) is 0 Å². The molecule has 0 spiro atoms. The molecule has 1 unspecified atom stereocenters. The molecule has 21 heavy (non-hydrogen) atoms. The van der Waals surface area contributed by atoms with E-state index >= 15 is 0 Å². The molecule has 1 saturated heterocycles. The van der Waals surface area contributed by atoms with Gasteiger partial charge >= 0.3 is 0 Å². The molecule has 6 heteroatoms. The van der Waals surface area contributed by atoms with Gasteiger partial charge in [-0.3, -0.25) is 4.79 Å². The average molecular weight is 310 g/mol. The number of aryl methyl sites for hydroxylation is 1. The standard InChI is InChI=1S/C15H22N2O3S/c1-13(18)16-15-8-5-10-17(12-15)21(19,20)11-9-14-6-3-2-4-7-14/h2-4,6-7,15H,5,8-12H2,1H3,(H,16,18). The summed E-state index contributed by atoms with van der Waals surface area (Å²) in [6.07, 6.45) is 2.14. The summed E-state index contributed by atoms with van der Waals surface area (Å²) < 4.78 is 26.3. The topological polar surface area (TPSA) is 66.5 Å². The highest BCUT2D eigenvalue weighted by Crippen LogP contribution is 2.15. The van der Waals surface area contributed by atoms with Crippen molar-refractivity contribution in [3.8, 4) is 0 Å². The lowest BCUT2D eigenvalue weighted by Crippen LogP contribution is -2.49. The van der Waals surface area contributed by atoms with E-state index in [0.717, 1.165) is 18.4 Å². The summed E-state index contributed by atoms with van der Waals surface area (Å²) >= 11 is 0. The lowest BCUT2D eigenvalue weighted by molar-refractivity contribution is -0.119. The molecule has 0 saturated carbocycles. The number of nitrogens with one attached hydrogen (secondary N) is 1. The molecule has 5 nitrogen and oxygen atoms in total. The maximum absolute atomic E-state index is 12.4. The molecule has 2 rings (SSSR count). The normalized spacial score (nSPS) is 20.1. The van der Waals surface area contributed by atoms with E-state index in [1.54, 1.807) is 0 Å². The van der Waals surface area contributed by atoms with Crippen LogP contribution in [0.4, 0.5) is 0 Å². The minimum Gasteiger partial charge on any atom is -0.352 e. The third kappa shape index (κ3) is 4.82. The van der Waals surface area contributed by atoms with Gasteiger partial charge in [-0.25, -0.2) is 8.42 Å². The number of rotatable bonds is 5. The first kappa shape index (κ1) is 16.0. The summed E-state index contributed by atoms with van der Waals surface area (Å²) in [4.78, 5) is 11.1. The molecule has 1 aliphatic heterocycles. The first-order valence-electron chi connectivity index (χ1n) is 7.26. The van der Waals surface area contributed by atoms with E-state index in [0.29, 0.717) is 19.5 Å². The molecule has 116 valence electrons. The van der Waals surface area contributed by atoms with Gasteiger partial charge in [-0.05, 0) is 24.8 Å². The van der Waals surface area contributed by atoms with Crippen molar-refractivity contribution in [1.29, 1.82) is 0 Å². The zero-order chi connectivity index (χ0) is 15.3. The number of hydrogen-bond donors (Lipinski definition) is 1. The van der Waals surface area contributed by atoms with Gasteiger partial charge < -0.3 is 5.32 Å². The Morgan fingerprint density at radius 1 is 1.33 bits per heavy atom. The monoisotopic (exact) mass is 310 g/mol. The zero-order valence-corrected chi connectivity index (χ0v) is 13.1. The second-order valence-electron chi connectivity index (χ2n) is 5.45. The summed E-state index contributed by atoms with van der Waals surface area (Å²) in [6, 6.07) is 9.55. The Morgan fingerprint density at radius 2 is 2.05 bits per heavy atom. The van der Waals surface area contributed by atoms with Crippen molar-refractivity contribution >= 4 is 15.9 Å². The Morgan fingerprint density at radius 3 is 2.71 bits per heavy atom. The Balaban J connectivity index is 1.93. The number of sulfonamides is 1. The molecule has 0 radical (unpaired) electrons. The van der Waals surface area contributed by atoms with Gasteiger partial charge in [-0.15, -0.1) is 0 Å². The van der Waals surface area contributed by atoms with Crippen LogP contribution in [0.15, 0.2) is 30.3 Å². The van der Waals surface area contributed by atoms with E-state index in [4.69, 9.17) is 0 Å². The van der Waals surface area contributed by atoms with E-state index in [1.165, 1.54) is 11.2 Å². The zero-order valence-electron chi connectivity index (χ0n) is 12.3. The molecule has 1 atom stereocenters. The summed E-state index contributed by atoms with van der Waals surface area (Å²) in [5.74, 6) is 0.00705. The molecule has 1 N–H and O–H groups in total. The van der Waals surface area contributed by atoms with Crippen molar-refractivity contribution in [2.45, 2.75) is 32.2 Å². The molecule has 0 aromatic heterocycles. The van der Waals surface area contributed by atoms with Gasteiger partial charge in [0.25, 0.3) is 0 Å². The number of carbonyl (C=O) groups excluding carboxylic acids is 1. The van der Waals surface area contributed by atoms with Crippen molar-refractivity contribution in [2.24, 2.45) is 0 Å². The fraction of sp³-hybridized carbons (Fsp3) is 0.533. The van der Waals surface area contributed by atoms with Gasteiger partial charge in [-0.1, -0.05) is 30.3 Å². The minimum atomic E-state index is -3.27. The SMILES string of the molecule is CC(=O)NC1CCCN(S(=O)(=O)CCc2ccccc2)C1. The van der Waals surface area contributed by atoms with E-state index < -0.39 is 10.0 Å². The maximum atomic E-state index is 12.4. The Hall–Kier alpha value is -1.40. The number of carbonyl (C=O) groups is 1. The summed E-state index contributed by atoms with van der Waals surface area (Å²) in [6.45, 7) is 2.40. The fourth-order valence-electron chi connectivity index (χ4n) is 2.62. The van der Waals surface area contributed by atoms with Gasteiger partial charge in [0, 0.05) is 26.1 Å². The van der Waals surface area contributed by atoms with Crippen LogP contribution in [0.1, 0.15) is 25.3 Å². The van der Waals surface area contributed by atoms with E-state index in [9.17, 15) is 13.2 Å². The van der Waals surface area contributed by atoms with Crippen LogP contribution in [0.25, 0.3) is 0 Å². The van der Waals surface area contributed by atoms with Gasteiger partial charge in [-0.2, -0.15) is 4.31 Å². The number of nitrogens with zero attached hydrogens (tertiary/aromatic N) is 1. The van der Waals surface area contributed by atoms with E-state index in [1.807, 2.05) is 30.3 Å². The summed E-state index contributed by atoms with van der Waals surface area (Å²) in [7, 11) is -3.27. The van der Waals surface area contributed by atoms with Crippen LogP contribution in [0.2, 0.25) is 0 Å². The smallest absolute Gasteiger partial charge is 0.217 e. The molecule has 1 amide bonds. The maximum Gasteiger partial charge on any atom is 0.217 e. The molecule has 1 heterocycles. The lowest BCUT2D eigenvalue weighted by atomic mass is 10.1. The number of amides is 1. The third-order valence-electron chi connectivity index (χ3n) is 3.68. The minimum absolute atomic E-state index is 0.0669. The Bertz CT molecular complexity index is 572. The highest BCUT2D eigenvalue weighted by Gasteiger charge is 2.28. The molecule has 1 aliphatic rings. The van der Waals surface area contributed by atoms with Crippen LogP contribution in [0.3, 0.4) is 0 Å². The van der Waals surface area contributed by atoms with Crippen LogP contribution in [0, 0.1) is 0 Å². The number of piperidine rings is 1. The van der Waals surface area contributed by atoms with Crippen molar-refractivity contribution in [3.05, 3.63) is 35.9 Å². The van der Waals surface area contributed by atoms with Crippen molar-refractivity contribution in [3.63, 3.8) is 0 Å². The van der Waals surface area contributed by atoms with Crippen LogP contribution in [-0.2, 0) is 21.2 Å². The van der Waals surface area contributed by atoms with Gasteiger partial charge in [0.15, 0.2) is 0 Å². The second-order valence-corrected chi connectivity index (χ2v) is 7.54. The molecule has 1 aromatic rings. The van der Waals surface area contributed by atoms with E-state index in [2.05, 4.69) is 5.32 Å². The highest BCUT2D eigenvalue weighted by atomic mass is 32.2. The predicted molar refractivity (Wildman–Crippen MR) is 82.3 cm³/mol. The summed E-state index contributed by atoms with van der Waals surface area (Å²) in [5.41, 5.74) is 1.02. The molecule has 1 aromatic carbocycles. The number of benzene rings is 1. The van der Waals surface area contributed by atoms with E-state index in [-0.39, 0.29) is 17.7 Å². The summed E-state index contributed by atoms with van der Waals surface area (Å²) in [5, 5.41) is 2.81. The van der Waals surface area contributed by atoms with Crippen LogP contribution in [0.5, 0.6) is 0 Å². The largest absolute Gasteiger partial charge is 0.352 e. The molecular weight excluding hydrogens is 288 g/mol. The first-order valence-corrected chi connectivity index (χ1v) is 8.87. The molecular formula is C15H22N2O3S. The first-order chi connectivity index (χ1) is 9.97. The van der Waals surface area contributed by atoms with Crippen LogP contribution in [-0.4, -0.2) is 43.5 Å². The highest BCUT2D eigenvalue weighted by molar-refractivity contribution is 7.89. The molecule has 0 aliphatic carbocycles. The van der Waals surface area contributed by atoms with Gasteiger partial charge in [0.2, 0.25) is 15.9 Å². The van der Waals surface area contributed by atoms with Crippen molar-refractivity contribution in [2.75, 3.05) is 18.8 Å². The van der Waals surface area contributed by atoms with Crippen LogP contribution < -0.4 is 5.32 Å². The lowest BCUT2D eigenvalue weighted by Gasteiger charge is -2.32. The third-order valence-corrected chi connectivity index (χ3v) is 5.51. The van der Waals surface area contributed by atoms with Crippen LogP contribution >= 0.6 is 0 Å². The van der Waals surface area contributed by atoms with Crippen molar-refractivity contribution < 1.29 is 13.2 Å². The molecule has 0 bridgehead atoms. The second kappa shape index (κ2) is 7.04. The Kier molecular flexibility index (Phi) is 5.36. The quantitative estimate of drug-likeness (QED) is 0.887. The van der Waals surface area contributed by atoms with Crippen molar-refractivity contribution in [1.82, 2.24) is 9.62 Å². The Labute approximate surface area is 126 Å². The predicted octanol–water partition coefficient (Wildman–Crippen LogP) is 1.16. The average Bonchev–Trinajstić information content (AvgIpc) is 2.46. The fourth-order valence-corrected chi connectivity index (χ4v) is 4.19.